The molecule has 1 aromatic carbocycles. The summed E-state index contributed by atoms with van der Waals surface area (Å²) in [6.07, 6.45) is 0.0444. The van der Waals surface area contributed by atoms with Gasteiger partial charge in [-0.25, -0.2) is 4.79 Å². The Morgan fingerprint density at radius 1 is 1.35 bits per heavy atom. The molecule has 5 nitrogen and oxygen atoms in total. The van der Waals surface area contributed by atoms with Gasteiger partial charge < -0.3 is 19.6 Å². The van der Waals surface area contributed by atoms with Crippen LogP contribution in [0.4, 0.5) is 4.79 Å². The normalized spacial score (nSPS) is 12.4. The molecule has 0 fully saturated rings. The lowest BCUT2D eigenvalue weighted by Gasteiger charge is -2.22. The Morgan fingerprint density at radius 2 is 2.00 bits per heavy atom. The Balaban J connectivity index is 2.92. The lowest BCUT2D eigenvalue weighted by Crippen LogP contribution is -2.35. The van der Waals surface area contributed by atoms with Crippen LogP contribution in [0, 0.1) is 6.92 Å². The number of hydrogen-bond donors (Lipinski definition) is 1. The highest BCUT2D eigenvalue weighted by atomic mass is 16.6. The first-order chi connectivity index (χ1) is 9.28. The number of benzene rings is 1. The molecule has 0 radical (unpaired) electrons. The molecule has 0 aliphatic rings. The summed E-state index contributed by atoms with van der Waals surface area (Å²) in [4.78, 5) is 23.0. The van der Waals surface area contributed by atoms with E-state index in [9.17, 15) is 9.59 Å². The molecule has 0 heterocycles. The summed E-state index contributed by atoms with van der Waals surface area (Å²) < 4.78 is 10.4. The van der Waals surface area contributed by atoms with Crippen molar-refractivity contribution >= 4 is 12.4 Å². The summed E-state index contributed by atoms with van der Waals surface area (Å²) in [6, 6.07) is 4.58. The van der Waals surface area contributed by atoms with Crippen molar-refractivity contribution in [3.05, 3.63) is 29.3 Å². The molecule has 0 spiro atoms. The number of rotatable bonds is 4. The maximum atomic E-state index is 11.7. The first kappa shape index (κ1) is 16.0. The minimum atomic E-state index is -0.764. The van der Waals surface area contributed by atoms with E-state index in [2.05, 4.69) is 5.32 Å². The molecule has 1 amide bonds. The van der Waals surface area contributed by atoms with Crippen molar-refractivity contribution in [1.29, 1.82) is 0 Å². The minimum Gasteiger partial charge on any atom is -0.496 e. The van der Waals surface area contributed by atoms with Gasteiger partial charge in [0, 0.05) is 0 Å². The van der Waals surface area contributed by atoms with Gasteiger partial charge in [0.2, 0.25) is 0 Å². The summed E-state index contributed by atoms with van der Waals surface area (Å²) in [5.41, 5.74) is 0.884. The number of amides is 1. The molecule has 0 saturated carbocycles. The van der Waals surface area contributed by atoms with Crippen molar-refractivity contribution in [3.8, 4) is 5.75 Å². The van der Waals surface area contributed by atoms with E-state index in [0.717, 1.165) is 5.56 Å². The van der Waals surface area contributed by atoms with Crippen molar-refractivity contribution in [2.24, 2.45) is 0 Å². The molecule has 0 saturated heterocycles. The van der Waals surface area contributed by atoms with Gasteiger partial charge in [0.1, 0.15) is 23.7 Å². The number of methoxy groups -OCH3 is 1. The largest absolute Gasteiger partial charge is 0.496 e. The Morgan fingerprint density at radius 3 is 2.50 bits per heavy atom. The van der Waals surface area contributed by atoms with Crippen LogP contribution in [0.15, 0.2) is 18.2 Å². The molecule has 0 bridgehead atoms. The van der Waals surface area contributed by atoms with Crippen LogP contribution in [0.5, 0.6) is 5.75 Å². The highest BCUT2D eigenvalue weighted by molar-refractivity contribution is 5.75. The number of ether oxygens (including phenoxy) is 2. The highest BCUT2D eigenvalue weighted by Crippen LogP contribution is 2.25. The van der Waals surface area contributed by atoms with Crippen molar-refractivity contribution in [2.45, 2.75) is 39.3 Å². The van der Waals surface area contributed by atoms with E-state index in [1.54, 1.807) is 46.1 Å². The van der Waals surface area contributed by atoms with Crippen LogP contribution in [0.2, 0.25) is 0 Å². The number of carbonyl (C=O) groups is 2. The molecular formula is C15H21NO4. The van der Waals surface area contributed by atoms with Gasteiger partial charge in [-0.05, 0) is 44.9 Å². The molecule has 20 heavy (non-hydrogen) atoms. The number of aldehydes is 1. The highest BCUT2D eigenvalue weighted by Gasteiger charge is 2.21. The fourth-order valence-corrected chi connectivity index (χ4v) is 1.81. The van der Waals surface area contributed by atoms with E-state index in [4.69, 9.17) is 9.47 Å². The smallest absolute Gasteiger partial charge is 0.408 e. The second-order valence-electron chi connectivity index (χ2n) is 5.43. The van der Waals surface area contributed by atoms with Gasteiger partial charge in [-0.3, -0.25) is 0 Å². The van der Waals surface area contributed by atoms with E-state index in [1.807, 2.05) is 6.92 Å². The zero-order chi connectivity index (χ0) is 15.3. The van der Waals surface area contributed by atoms with Crippen molar-refractivity contribution < 1.29 is 19.1 Å². The zero-order valence-corrected chi connectivity index (χ0v) is 12.5. The summed E-state index contributed by atoms with van der Waals surface area (Å²) in [5.74, 6) is 0.667. The standard InChI is InChI=1S/C15H21NO4/c1-10-11(7-6-8-13(10)19-5)12(9-17)16-14(18)20-15(2,3)4/h6-9,12H,1-5H3,(H,16,18). The third-order valence-electron chi connectivity index (χ3n) is 2.69. The van der Waals surface area contributed by atoms with E-state index in [1.165, 1.54) is 0 Å². The van der Waals surface area contributed by atoms with Crippen molar-refractivity contribution in [2.75, 3.05) is 7.11 Å². The topological polar surface area (TPSA) is 64.6 Å². The SMILES string of the molecule is COc1cccc(C(C=O)NC(=O)OC(C)(C)C)c1C. The average molecular weight is 279 g/mol. The molecule has 1 rings (SSSR count). The molecular weight excluding hydrogens is 258 g/mol. The van der Waals surface area contributed by atoms with E-state index < -0.39 is 17.7 Å². The molecule has 1 aromatic rings. The van der Waals surface area contributed by atoms with Crippen molar-refractivity contribution in [1.82, 2.24) is 5.32 Å². The van der Waals surface area contributed by atoms with Crippen LogP contribution in [0.25, 0.3) is 0 Å². The fourth-order valence-electron chi connectivity index (χ4n) is 1.81. The second-order valence-corrected chi connectivity index (χ2v) is 5.43. The predicted molar refractivity (Wildman–Crippen MR) is 75.9 cm³/mol. The van der Waals surface area contributed by atoms with Crippen LogP contribution < -0.4 is 10.1 Å². The molecule has 0 aliphatic heterocycles. The monoisotopic (exact) mass is 279 g/mol. The van der Waals surface area contributed by atoms with Gasteiger partial charge in [-0.2, -0.15) is 0 Å². The quantitative estimate of drug-likeness (QED) is 0.861. The first-order valence-electron chi connectivity index (χ1n) is 6.37. The van der Waals surface area contributed by atoms with Crippen LogP contribution in [0.3, 0.4) is 0 Å². The van der Waals surface area contributed by atoms with Crippen LogP contribution in [-0.4, -0.2) is 25.1 Å². The number of hydrogen-bond acceptors (Lipinski definition) is 4. The summed E-state index contributed by atoms with van der Waals surface area (Å²) in [7, 11) is 1.56. The Kier molecular flexibility index (Phi) is 5.13. The zero-order valence-electron chi connectivity index (χ0n) is 12.5. The Hall–Kier alpha value is -2.04. The Labute approximate surface area is 119 Å². The lowest BCUT2D eigenvalue weighted by atomic mass is 10.0. The number of alkyl carbamates (subject to hydrolysis) is 1. The van der Waals surface area contributed by atoms with E-state index in [-0.39, 0.29) is 0 Å². The van der Waals surface area contributed by atoms with Gasteiger partial charge in [0.05, 0.1) is 7.11 Å². The molecule has 5 heteroatoms. The molecule has 110 valence electrons. The molecule has 1 unspecified atom stereocenters. The van der Waals surface area contributed by atoms with E-state index >= 15 is 0 Å². The third kappa shape index (κ3) is 4.26. The van der Waals surface area contributed by atoms with Crippen LogP contribution >= 0.6 is 0 Å². The summed E-state index contributed by atoms with van der Waals surface area (Å²) in [6.45, 7) is 7.12. The fraction of sp³-hybridized carbons (Fsp3) is 0.467. The third-order valence-corrected chi connectivity index (χ3v) is 2.69. The number of carbonyl (C=O) groups excluding carboxylic acids is 2. The van der Waals surface area contributed by atoms with Crippen LogP contribution in [0.1, 0.15) is 37.9 Å². The first-order valence-corrected chi connectivity index (χ1v) is 6.37. The molecule has 1 N–H and O–H groups in total. The average Bonchev–Trinajstić information content (AvgIpc) is 2.34. The molecule has 1 atom stereocenters. The molecule has 0 aromatic heterocycles. The predicted octanol–water partition coefficient (Wildman–Crippen LogP) is 2.77. The second kappa shape index (κ2) is 6.41. The van der Waals surface area contributed by atoms with Gasteiger partial charge in [-0.15, -0.1) is 0 Å². The van der Waals surface area contributed by atoms with Gasteiger partial charge in [-0.1, -0.05) is 12.1 Å². The molecule has 0 aliphatic carbocycles. The van der Waals surface area contributed by atoms with Gasteiger partial charge >= 0.3 is 6.09 Å². The van der Waals surface area contributed by atoms with Crippen LogP contribution in [-0.2, 0) is 9.53 Å². The van der Waals surface area contributed by atoms with Gasteiger partial charge in [0.15, 0.2) is 0 Å². The number of nitrogens with one attached hydrogen (secondary N) is 1. The van der Waals surface area contributed by atoms with Crippen molar-refractivity contribution in [3.63, 3.8) is 0 Å². The van der Waals surface area contributed by atoms with E-state index in [0.29, 0.717) is 17.6 Å². The maximum Gasteiger partial charge on any atom is 0.408 e. The maximum absolute atomic E-state index is 11.7. The summed E-state index contributed by atoms with van der Waals surface area (Å²) >= 11 is 0. The Bertz CT molecular complexity index is 491. The van der Waals surface area contributed by atoms with Gasteiger partial charge in [0.25, 0.3) is 0 Å². The summed E-state index contributed by atoms with van der Waals surface area (Å²) in [5, 5.41) is 2.55. The minimum absolute atomic E-state index is 0.610. The lowest BCUT2D eigenvalue weighted by molar-refractivity contribution is -0.109.